The molecular weight excluding hydrogens is 438 g/mol. The summed E-state index contributed by atoms with van der Waals surface area (Å²) < 4.78 is 8.37. The van der Waals surface area contributed by atoms with E-state index in [9.17, 15) is 4.79 Å². The Balaban J connectivity index is 1.51. The Bertz CT molecular complexity index is 1220. The fraction of sp³-hybridized carbons (Fsp3) is 0.190. The van der Waals surface area contributed by atoms with Crippen molar-refractivity contribution in [2.45, 2.75) is 29.7 Å². The molecule has 1 fully saturated rings. The monoisotopic (exact) mass is 453 g/mol. The van der Waals surface area contributed by atoms with Crippen molar-refractivity contribution in [2.75, 3.05) is 0 Å². The van der Waals surface area contributed by atoms with Gasteiger partial charge in [0.2, 0.25) is 0 Å². The quantitative estimate of drug-likeness (QED) is 0.302. The zero-order valence-corrected chi connectivity index (χ0v) is 17.2. The van der Waals surface area contributed by atoms with E-state index in [2.05, 4.69) is 42.8 Å². The smallest absolute Gasteiger partial charge is 0.336 e. The van der Waals surface area contributed by atoms with E-state index in [1.165, 1.54) is 0 Å². The van der Waals surface area contributed by atoms with Gasteiger partial charge in [0.05, 0.1) is 0 Å². The predicted octanol–water partition coefficient (Wildman–Crippen LogP) is 5.31. The van der Waals surface area contributed by atoms with Gasteiger partial charge in [-0.2, -0.15) is 0 Å². The lowest BCUT2D eigenvalue weighted by Gasteiger charge is -2.10. The summed E-state index contributed by atoms with van der Waals surface area (Å²) in [5, 5.41) is 10.7. The molecule has 0 radical (unpaired) electrons. The molecule has 5 rings (SSSR count). The molecule has 0 N–H and O–H groups in total. The Morgan fingerprint density at radius 2 is 1.93 bits per heavy atom. The Morgan fingerprint density at radius 3 is 2.71 bits per heavy atom. The molecule has 0 bridgehead atoms. The molecule has 7 heteroatoms. The minimum atomic E-state index is -0.343. The first-order chi connectivity index (χ1) is 13.7. The van der Waals surface area contributed by atoms with Crippen molar-refractivity contribution in [2.24, 2.45) is 0 Å². The molecule has 0 saturated heterocycles. The molecule has 1 saturated carbocycles. The number of benzene rings is 2. The second kappa shape index (κ2) is 7.22. The van der Waals surface area contributed by atoms with E-state index in [1.807, 2.05) is 36.4 Å². The zero-order chi connectivity index (χ0) is 19.1. The number of hydrogen-bond acceptors (Lipinski definition) is 5. The van der Waals surface area contributed by atoms with E-state index in [0.29, 0.717) is 17.3 Å². The minimum absolute atomic E-state index is 0.343. The molecule has 1 aliphatic rings. The second-order valence-corrected chi connectivity index (χ2v) is 8.66. The fourth-order valence-corrected chi connectivity index (χ4v) is 4.56. The van der Waals surface area contributed by atoms with Crippen molar-refractivity contribution in [1.82, 2.24) is 14.8 Å². The van der Waals surface area contributed by atoms with Crippen LogP contribution in [0.25, 0.3) is 16.7 Å². The summed E-state index contributed by atoms with van der Waals surface area (Å²) in [6.07, 6.45) is 2.32. The molecular formula is C21H16BrN3O2S. The van der Waals surface area contributed by atoms with Crippen LogP contribution in [0.3, 0.4) is 0 Å². The Labute approximate surface area is 173 Å². The third kappa shape index (κ3) is 3.40. The number of fused-ring (bicyclic) bond motifs is 1. The summed E-state index contributed by atoms with van der Waals surface area (Å²) >= 11 is 5.01. The molecule has 0 amide bonds. The van der Waals surface area contributed by atoms with Crippen molar-refractivity contribution in [3.8, 4) is 5.69 Å². The van der Waals surface area contributed by atoms with Crippen LogP contribution in [0.15, 0.2) is 73.4 Å². The van der Waals surface area contributed by atoms with Gasteiger partial charge >= 0.3 is 5.63 Å². The lowest BCUT2D eigenvalue weighted by Crippen LogP contribution is -2.03. The van der Waals surface area contributed by atoms with E-state index in [4.69, 9.17) is 4.42 Å². The standard InChI is InChI=1S/C21H16BrN3O2S/c22-15-8-9-17-14(10-19(26)27-18(17)11-15)12-28-21-24-23-20(13-6-7-13)25(21)16-4-2-1-3-5-16/h1-5,8-11,13H,6-7,12H2. The maximum absolute atomic E-state index is 12.0. The molecule has 2 aromatic heterocycles. The Hall–Kier alpha value is -2.38. The predicted molar refractivity (Wildman–Crippen MR) is 113 cm³/mol. The molecule has 2 aromatic carbocycles. The van der Waals surface area contributed by atoms with Gasteiger partial charge in [0.15, 0.2) is 5.16 Å². The van der Waals surface area contributed by atoms with Crippen LogP contribution in [0.2, 0.25) is 0 Å². The van der Waals surface area contributed by atoms with Gasteiger partial charge in [-0.15, -0.1) is 10.2 Å². The maximum Gasteiger partial charge on any atom is 0.336 e. The maximum atomic E-state index is 12.0. The first-order valence-electron chi connectivity index (χ1n) is 9.05. The van der Waals surface area contributed by atoms with Crippen LogP contribution in [0.1, 0.15) is 30.1 Å². The molecule has 140 valence electrons. The van der Waals surface area contributed by atoms with Gasteiger partial charge in [-0.1, -0.05) is 45.9 Å². The lowest BCUT2D eigenvalue weighted by molar-refractivity contribution is 0.559. The number of halogens is 1. The van der Waals surface area contributed by atoms with Crippen LogP contribution in [-0.4, -0.2) is 14.8 Å². The second-order valence-electron chi connectivity index (χ2n) is 6.81. The SMILES string of the molecule is O=c1cc(CSc2nnc(C3CC3)n2-c2ccccc2)c2ccc(Br)cc2o1. The summed E-state index contributed by atoms with van der Waals surface area (Å²) in [5.41, 5.74) is 2.24. The van der Waals surface area contributed by atoms with Crippen molar-refractivity contribution in [3.63, 3.8) is 0 Å². The molecule has 0 unspecified atom stereocenters. The Morgan fingerprint density at radius 1 is 1.11 bits per heavy atom. The average molecular weight is 454 g/mol. The van der Waals surface area contributed by atoms with Crippen LogP contribution < -0.4 is 5.63 Å². The molecule has 0 spiro atoms. The lowest BCUT2D eigenvalue weighted by atomic mass is 10.1. The number of thioether (sulfide) groups is 1. The summed E-state index contributed by atoms with van der Waals surface area (Å²) in [7, 11) is 0. The molecule has 4 aromatic rings. The third-order valence-corrected chi connectivity index (χ3v) is 6.24. The first kappa shape index (κ1) is 17.7. The number of nitrogens with zero attached hydrogens (tertiary/aromatic N) is 3. The number of rotatable bonds is 5. The van der Waals surface area contributed by atoms with Crippen LogP contribution in [0, 0.1) is 0 Å². The van der Waals surface area contributed by atoms with Gasteiger partial charge < -0.3 is 4.42 Å². The highest BCUT2D eigenvalue weighted by Crippen LogP contribution is 2.41. The summed E-state index contributed by atoms with van der Waals surface area (Å²) in [4.78, 5) is 12.0. The number of aromatic nitrogens is 3. The average Bonchev–Trinajstić information content (AvgIpc) is 3.45. The Kier molecular flexibility index (Phi) is 4.56. The highest BCUT2D eigenvalue weighted by atomic mass is 79.9. The van der Waals surface area contributed by atoms with E-state index >= 15 is 0 Å². The van der Waals surface area contributed by atoms with Crippen molar-refractivity contribution >= 4 is 38.7 Å². The van der Waals surface area contributed by atoms with E-state index in [-0.39, 0.29) is 5.63 Å². The van der Waals surface area contributed by atoms with E-state index in [1.54, 1.807) is 17.8 Å². The van der Waals surface area contributed by atoms with Crippen LogP contribution in [0.4, 0.5) is 0 Å². The molecule has 1 aliphatic carbocycles. The number of hydrogen-bond donors (Lipinski definition) is 0. The molecule has 5 nitrogen and oxygen atoms in total. The van der Waals surface area contributed by atoms with Gasteiger partial charge in [0, 0.05) is 33.3 Å². The normalized spacial score (nSPS) is 13.9. The fourth-order valence-electron chi connectivity index (χ4n) is 3.27. The topological polar surface area (TPSA) is 60.9 Å². The summed E-state index contributed by atoms with van der Waals surface area (Å²) in [5.74, 6) is 2.12. The van der Waals surface area contributed by atoms with Crippen LogP contribution in [-0.2, 0) is 5.75 Å². The van der Waals surface area contributed by atoms with E-state index in [0.717, 1.165) is 44.9 Å². The summed E-state index contributed by atoms with van der Waals surface area (Å²) in [6.45, 7) is 0. The van der Waals surface area contributed by atoms with Crippen LogP contribution >= 0.6 is 27.7 Å². The molecule has 0 atom stereocenters. The van der Waals surface area contributed by atoms with Gasteiger partial charge in [-0.25, -0.2) is 4.79 Å². The van der Waals surface area contributed by atoms with Crippen LogP contribution in [0.5, 0.6) is 0 Å². The third-order valence-electron chi connectivity index (χ3n) is 4.76. The van der Waals surface area contributed by atoms with Crippen molar-refractivity contribution in [3.05, 3.63) is 80.9 Å². The van der Waals surface area contributed by atoms with E-state index < -0.39 is 0 Å². The zero-order valence-electron chi connectivity index (χ0n) is 14.8. The highest BCUT2D eigenvalue weighted by molar-refractivity contribution is 9.10. The highest BCUT2D eigenvalue weighted by Gasteiger charge is 2.31. The van der Waals surface area contributed by atoms with Crippen molar-refractivity contribution in [1.29, 1.82) is 0 Å². The summed E-state index contributed by atoms with van der Waals surface area (Å²) in [6, 6.07) is 17.5. The molecule has 2 heterocycles. The van der Waals surface area contributed by atoms with Crippen molar-refractivity contribution < 1.29 is 4.42 Å². The molecule has 28 heavy (non-hydrogen) atoms. The van der Waals surface area contributed by atoms with Gasteiger partial charge in [0.1, 0.15) is 11.4 Å². The van der Waals surface area contributed by atoms with Gasteiger partial charge in [-0.05, 0) is 48.7 Å². The molecule has 0 aliphatic heterocycles. The van der Waals surface area contributed by atoms with Gasteiger partial charge in [0.25, 0.3) is 0 Å². The first-order valence-corrected chi connectivity index (χ1v) is 10.8. The minimum Gasteiger partial charge on any atom is -0.423 e. The van der Waals surface area contributed by atoms with Gasteiger partial charge in [-0.3, -0.25) is 4.57 Å². The largest absolute Gasteiger partial charge is 0.423 e. The number of para-hydroxylation sites is 1.